The van der Waals surface area contributed by atoms with Crippen LogP contribution in [0, 0.1) is 10.1 Å². The molecule has 0 fully saturated rings. The van der Waals surface area contributed by atoms with Gasteiger partial charge in [-0.05, 0) is 5.56 Å². The third kappa shape index (κ3) is 3.75. The average molecular weight is 287 g/mol. The van der Waals surface area contributed by atoms with Gasteiger partial charge in [0.05, 0.1) is 11.5 Å². The van der Waals surface area contributed by atoms with Crippen LogP contribution in [-0.2, 0) is 6.42 Å². The number of carbonyl (C=O) groups is 1. The zero-order valence-corrected chi connectivity index (χ0v) is 11.2. The topological polar surface area (TPSA) is 112 Å². The first-order chi connectivity index (χ1) is 10.1. The van der Waals surface area contributed by atoms with Gasteiger partial charge in [-0.25, -0.2) is 4.98 Å². The van der Waals surface area contributed by atoms with Gasteiger partial charge in [0.1, 0.15) is 5.56 Å². The summed E-state index contributed by atoms with van der Waals surface area (Å²) < 4.78 is 0. The molecule has 0 saturated heterocycles. The van der Waals surface area contributed by atoms with E-state index in [9.17, 15) is 14.9 Å². The Morgan fingerprint density at radius 3 is 2.67 bits per heavy atom. The standard InChI is InChI=1S/C14H14N4O3/c15-13(19)12-8-11(18(20)21)9-17-14(12)16-7-6-10-4-2-1-3-5-10/h1-5,8-9H,6-7H2,(H2,15,19)(H,16,17)/p+1. The van der Waals surface area contributed by atoms with Crippen LogP contribution in [-0.4, -0.2) is 17.4 Å². The second-order valence-corrected chi connectivity index (χ2v) is 4.43. The van der Waals surface area contributed by atoms with E-state index < -0.39 is 10.8 Å². The molecular weight excluding hydrogens is 272 g/mol. The van der Waals surface area contributed by atoms with Crippen LogP contribution >= 0.6 is 0 Å². The largest absolute Gasteiger partial charge is 0.365 e. The highest BCUT2D eigenvalue weighted by atomic mass is 16.6. The van der Waals surface area contributed by atoms with Gasteiger partial charge < -0.3 is 5.73 Å². The van der Waals surface area contributed by atoms with Crippen molar-refractivity contribution in [2.24, 2.45) is 5.73 Å². The maximum absolute atomic E-state index is 11.4. The Morgan fingerprint density at radius 2 is 2.05 bits per heavy atom. The predicted molar refractivity (Wildman–Crippen MR) is 76.8 cm³/mol. The normalized spacial score (nSPS) is 10.1. The number of nitrogens with two attached hydrogens (primary N) is 1. The van der Waals surface area contributed by atoms with E-state index >= 15 is 0 Å². The minimum Gasteiger partial charge on any atom is -0.365 e. The highest BCUT2D eigenvalue weighted by Crippen LogP contribution is 2.15. The lowest BCUT2D eigenvalue weighted by Crippen LogP contribution is -2.23. The first kappa shape index (κ1) is 14.4. The zero-order valence-electron chi connectivity index (χ0n) is 11.2. The van der Waals surface area contributed by atoms with Crippen LogP contribution in [0.5, 0.6) is 0 Å². The molecule has 0 aliphatic rings. The molecule has 1 amide bonds. The number of hydrogen-bond acceptors (Lipinski definition) is 4. The van der Waals surface area contributed by atoms with Crippen molar-refractivity contribution in [1.29, 1.82) is 0 Å². The number of H-pyrrole nitrogens is 1. The highest BCUT2D eigenvalue weighted by molar-refractivity contribution is 5.97. The molecule has 0 radical (unpaired) electrons. The first-order valence-electron chi connectivity index (χ1n) is 6.35. The predicted octanol–water partition coefficient (Wildman–Crippen LogP) is 1.16. The summed E-state index contributed by atoms with van der Waals surface area (Å²) in [7, 11) is 0. The number of aromatic amines is 1. The van der Waals surface area contributed by atoms with E-state index in [0.29, 0.717) is 12.4 Å². The maximum Gasteiger partial charge on any atom is 0.309 e. The SMILES string of the molecule is NC(=O)c1cc([N+](=O)[O-])c[nH+]c1NCCc1ccccc1. The lowest BCUT2D eigenvalue weighted by molar-refractivity contribution is -0.413. The van der Waals surface area contributed by atoms with Crippen LogP contribution in [0.3, 0.4) is 0 Å². The van der Waals surface area contributed by atoms with Gasteiger partial charge in [0.25, 0.3) is 11.7 Å². The molecular formula is C14H15N4O3+. The summed E-state index contributed by atoms with van der Waals surface area (Å²) in [5.41, 5.74) is 6.25. The number of benzene rings is 1. The van der Waals surface area contributed by atoms with E-state index in [0.717, 1.165) is 18.1 Å². The molecule has 0 bridgehead atoms. The Balaban J connectivity index is 2.09. The average Bonchev–Trinajstić information content (AvgIpc) is 2.48. The summed E-state index contributed by atoms with van der Waals surface area (Å²) in [6, 6.07) is 11.0. The van der Waals surface area contributed by atoms with Crippen LogP contribution in [0.2, 0.25) is 0 Å². The van der Waals surface area contributed by atoms with E-state index in [1.165, 1.54) is 6.20 Å². The Kier molecular flexibility index (Phi) is 4.45. The number of pyridine rings is 1. The monoisotopic (exact) mass is 287 g/mol. The molecule has 0 saturated carbocycles. The summed E-state index contributed by atoms with van der Waals surface area (Å²) >= 11 is 0. The minimum atomic E-state index is -0.725. The molecule has 1 aromatic heterocycles. The molecule has 0 unspecified atom stereocenters. The molecule has 1 heterocycles. The van der Waals surface area contributed by atoms with Gasteiger partial charge in [0, 0.05) is 12.5 Å². The smallest absolute Gasteiger partial charge is 0.309 e. The number of nitro groups is 1. The van der Waals surface area contributed by atoms with Crippen LogP contribution < -0.4 is 16.0 Å². The van der Waals surface area contributed by atoms with Gasteiger partial charge in [-0.3, -0.25) is 20.2 Å². The summed E-state index contributed by atoms with van der Waals surface area (Å²) in [5, 5.41) is 13.7. The Morgan fingerprint density at radius 1 is 1.33 bits per heavy atom. The van der Waals surface area contributed by atoms with E-state index in [1.54, 1.807) is 0 Å². The number of amides is 1. The molecule has 108 valence electrons. The van der Waals surface area contributed by atoms with Gasteiger partial charge in [-0.2, -0.15) is 0 Å². The lowest BCUT2D eigenvalue weighted by Gasteiger charge is -2.03. The van der Waals surface area contributed by atoms with Gasteiger partial charge in [-0.1, -0.05) is 30.3 Å². The number of nitrogens with one attached hydrogen (secondary N) is 2. The molecule has 1 aromatic carbocycles. The van der Waals surface area contributed by atoms with Gasteiger partial charge >= 0.3 is 5.69 Å². The van der Waals surface area contributed by atoms with Crippen molar-refractivity contribution >= 4 is 17.4 Å². The van der Waals surface area contributed by atoms with Gasteiger partial charge in [0.2, 0.25) is 0 Å². The first-order valence-corrected chi connectivity index (χ1v) is 6.35. The van der Waals surface area contributed by atoms with Crippen molar-refractivity contribution in [3.8, 4) is 0 Å². The molecule has 0 spiro atoms. The molecule has 2 rings (SSSR count). The number of anilines is 1. The molecule has 4 N–H and O–H groups in total. The molecule has 0 aliphatic carbocycles. The zero-order chi connectivity index (χ0) is 15.2. The van der Waals surface area contributed by atoms with Crippen molar-refractivity contribution in [2.75, 3.05) is 11.9 Å². The maximum atomic E-state index is 11.4. The van der Waals surface area contributed by atoms with Crippen LogP contribution in [0.4, 0.5) is 11.5 Å². The van der Waals surface area contributed by atoms with Crippen LogP contribution in [0.15, 0.2) is 42.6 Å². The summed E-state index contributed by atoms with van der Waals surface area (Å²) in [6.07, 6.45) is 1.97. The number of primary amides is 1. The van der Waals surface area contributed by atoms with Crippen molar-refractivity contribution in [3.05, 3.63) is 63.8 Å². The fraction of sp³-hybridized carbons (Fsp3) is 0.143. The van der Waals surface area contributed by atoms with Gasteiger partial charge in [0.15, 0.2) is 6.20 Å². The third-order valence-electron chi connectivity index (χ3n) is 2.96. The molecule has 7 nitrogen and oxygen atoms in total. The number of nitrogens with zero attached hydrogens (tertiary/aromatic N) is 1. The Hall–Kier alpha value is -2.96. The van der Waals surface area contributed by atoms with E-state index in [1.807, 2.05) is 30.3 Å². The molecule has 0 atom stereocenters. The van der Waals surface area contributed by atoms with Crippen molar-refractivity contribution in [3.63, 3.8) is 0 Å². The molecule has 21 heavy (non-hydrogen) atoms. The molecule has 2 aromatic rings. The fourth-order valence-electron chi connectivity index (χ4n) is 1.91. The van der Waals surface area contributed by atoms with E-state index in [4.69, 9.17) is 5.73 Å². The second kappa shape index (κ2) is 6.47. The highest BCUT2D eigenvalue weighted by Gasteiger charge is 2.20. The fourth-order valence-corrected chi connectivity index (χ4v) is 1.91. The third-order valence-corrected chi connectivity index (χ3v) is 2.96. The van der Waals surface area contributed by atoms with Crippen LogP contribution in [0.1, 0.15) is 15.9 Å². The minimum absolute atomic E-state index is 0.0669. The van der Waals surface area contributed by atoms with Crippen molar-refractivity contribution < 1.29 is 14.7 Å². The summed E-state index contributed by atoms with van der Waals surface area (Å²) in [4.78, 5) is 24.2. The number of carbonyl (C=O) groups excluding carboxylic acids is 1. The molecule has 0 aliphatic heterocycles. The summed E-state index contributed by atoms with van der Waals surface area (Å²) in [6.45, 7) is 0.568. The van der Waals surface area contributed by atoms with E-state index in [2.05, 4.69) is 10.3 Å². The van der Waals surface area contributed by atoms with E-state index in [-0.39, 0.29) is 11.3 Å². The quantitative estimate of drug-likeness (QED) is 0.613. The Labute approximate surface area is 121 Å². The van der Waals surface area contributed by atoms with Crippen molar-refractivity contribution in [1.82, 2.24) is 0 Å². The molecule has 7 heteroatoms. The number of hydrogen-bond donors (Lipinski definition) is 2. The summed E-state index contributed by atoms with van der Waals surface area (Å²) in [5.74, 6) is -0.346. The van der Waals surface area contributed by atoms with Gasteiger partial charge in [-0.15, -0.1) is 0 Å². The number of rotatable bonds is 6. The lowest BCUT2D eigenvalue weighted by atomic mass is 10.1. The van der Waals surface area contributed by atoms with Crippen LogP contribution in [0.25, 0.3) is 0 Å². The number of aromatic nitrogens is 1. The second-order valence-electron chi connectivity index (χ2n) is 4.43. The van der Waals surface area contributed by atoms with Crippen molar-refractivity contribution in [2.45, 2.75) is 6.42 Å². The Bertz CT molecular complexity index is 659.